The number of aldehydes is 1. The van der Waals surface area contributed by atoms with Crippen LogP contribution in [0.3, 0.4) is 0 Å². The highest BCUT2D eigenvalue weighted by Gasteiger charge is 2.26. The molecule has 5 nitrogen and oxygen atoms in total. The van der Waals surface area contributed by atoms with Crippen molar-refractivity contribution in [2.75, 3.05) is 26.2 Å². The van der Waals surface area contributed by atoms with Gasteiger partial charge in [-0.25, -0.2) is 0 Å². The van der Waals surface area contributed by atoms with Crippen LogP contribution in [0.2, 0.25) is 0 Å². The van der Waals surface area contributed by atoms with Crippen LogP contribution in [-0.4, -0.2) is 47.4 Å². The molecule has 0 saturated carbocycles. The van der Waals surface area contributed by atoms with Crippen molar-refractivity contribution >= 4 is 6.29 Å². The Morgan fingerprint density at radius 2 is 1.42 bits per heavy atom. The predicted molar refractivity (Wildman–Crippen MR) is 129 cm³/mol. The Bertz CT molecular complexity index is 1140. The lowest BCUT2D eigenvalue weighted by Gasteiger charge is -2.39. The topological polar surface area (TPSA) is 49.6 Å². The van der Waals surface area contributed by atoms with Crippen LogP contribution in [0, 0.1) is 0 Å². The predicted octanol–water partition coefficient (Wildman–Crippen LogP) is 5.06. The number of benzene rings is 3. The van der Waals surface area contributed by atoms with Gasteiger partial charge in [-0.3, -0.25) is 14.6 Å². The number of piperazine rings is 1. The van der Waals surface area contributed by atoms with Gasteiger partial charge in [-0.2, -0.15) is 0 Å². The van der Waals surface area contributed by atoms with Crippen molar-refractivity contribution in [1.29, 1.82) is 0 Å². The van der Waals surface area contributed by atoms with Crippen LogP contribution in [0.25, 0.3) is 11.3 Å². The monoisotopic (exact) mass is 437 g/mol. The normalized spacial score (nSPS) is 15.1. The lowest BCUT2D eigenvalue weighted by atomic mass is 9.96. The van der Waals surface area contributed by atoms with Crippen LogP contribution in [0.1, 0.15) is 33.3 Å². The maximum atomic E-state index is 11.3. The summed E-state index contributed by atoms with van der Waals surface area (Å²) in [5.41, 5.74) is 4.79. The summed E-state index contributed by atoms with van der Waals surface area (Å²) in [5, 5.41) is 4.21. The first-order chi connectivity index (χ1) is 16.3. The molecule has 0 atom stereocenters. The Kier molecular flexibility index (Phi) is 6.42. The smallest absolute Gasteiger partial charge is 0.151 e. The van der Waals surface area contributed by atoms with Crippen molar-refractivity contribution in [2.45, 2.75) is 12.6 Å². The molecule has 1 fully saturated rings. The average Bonchev–Trinajstić information content (AvgIpc) is 3.35. The molecule has 0 N–H and O–H groups in total. The summed E-state index contributed by atoms with van der Waals surface area (Å²) in [5.74, 6) is 0.821. The average molecular weight is 438 g/mol. The Morgan fingerprint density at radius 3 is 2.06 bits per heavy atom. The summed E-state index contributed by atoms with van der Waals surface area (Å²) in [6.45, 7) is 4.58. The highest BCUT2D eigenvalue weighted by atomic mass is 16.5. The van der Waals surface area contributed by atoms with E-state index in [1.807, 2.05) is 24.3 Å². The highest BCUT2D eigenvalue weighted by molar-refractivity contribution is 5.86. The van der Waals surface area contributed by atoms with E-state index < -0.39 is 0 Å². The molecule has 0 spiro atoms. The fourth-order valence-electron chi connectivity index (χ4n) is 4.63. The second kappa shape index (κ2) is 9.94. The van der Waals surface area contributed by atoms with E-state index in [0.29, 0.717) is 17.8 Å². The van der Waals surface area contributed by atoms with Gasteiger partial charge < -0.3 is 4.52 Å². The standard InChI is InChI=1S/C28H27N3O2/c32-21-24-13-7-8-14-26(24)27-19-25(33-29-27)20-30-15-17-31(18-16-30)28(22-9-3-1-4-10-22)23-11-5-2-6-12-23/h1-14,19,21,28H,15-18,20H2. The number of carbonyl (C=O) groups excluding carboxylic acids is 1. The van der Waals surface area contributed by atoms with Crippen molar-refractivity contribution in [3.05, 3.63) is 113 Å². The SMILES string of the molecule is O=Cc1ccccc1-c1cc(CN2CCN(C(c3ccccc3)c3ccccc3)CC2)on1. The minimum absolute atomic E-state index is 0.256. The molecule has 1 aromatic heterocycles. The van der Waals surface area contributed by atoms with Crippen LogP contribution < -0.4 is 0 Å². The first-order valence-corrected chi connectivity index (χ1v) is 11.4. The lowest BCUT2D eigenvalue weighted by Crippen LogP contribution is -2.47. The van der Waals surface area contributed by atoms with E-state index in [2.05, 4.69) is 75.6 Å². The molecule has 0 aliphatic carbocycles. The van der Waals surface area contributed by atoms with Crippen LogP contribution in [-0.2, 0) is 6.54 Å². The summed E-state index contributed by atoms with van der Waals surface area (Å²) in [7, 11) is 0. The van der Waals surface area contributed by atoms with E-state index in [9.17, 15) is 4.79 Å². The zero-order valence-electron chi connectivity index (χ0n) is 18.5. The van der Waals surface area contributed by atoms with E-state index in [4.69, 9.17) is 4.52 Å². The van der Waals surface area contributed by atoms with Gasteiger partial charge in [-0.05, 0) is 11.1 Å². The third-order valence-corrected chi connectivity index (χ3v) is 6.30. The van der Waals surface area contributed by atoms with Gasteiger partial charge in [0.25, 0.3) is 0 Å². The van der Waals surface area contributed by atoms with Crippen molar-refractivity contribution in [2.24, 2.45) is 0 Å². The molecular weight excluding hydrogens is 410 g/mol. The van der Waals surface area contributed by atoms with Crippen LogP contribution >= 0.6 is 0 Å². The molecule has 3 aromatic carbocycles. The number of carbonyl (C=O) groups is 1. The molecule has 1 aliphatic rings. The van der Waals surface area contributed by atoms with E-state index in [1.54, 1.807) is 6.07 Å². The maximum absolute atomic E-state index is 11.3. The van der Waals surface area contributed by atoms with Gasteiger partial charge in [-0.1, -0.05) is 90.1 Å². The van der Waals surface area contributed by atoms with Gasteiger partial charge in [0.05, 0.1) is 12.6 Å². The molecule has 1 saturated heterocycles. The minimum Gasteiger partial charge on any atom is -0.359 e. The fourth-order valence-corrected chi connectivity index (χ4v) is 4.63. The first kappa shape index (κ1) is 21.3. The molecule has 1 aliphatic heterocycles. The number of hydrogen-bond donors (Lipinski definition) is 0. The largest absolute Gasteiger partial charge is 0.359 e. The van der Waals surface area contributed by atoms with Crippen molar-refractivity contribution in [3.8, 4) is 11.3 Å². The van der Waals surface area contributed by atoms with Crippen molar-refractivity contribution in [3.63, 3.8) is 0 Å². The fraction of sp³-hybridized carbons (Fsp3) is 0.214. The van der Waals surface area contributed by atoms with Crippen molar-refractivity contribution < 1.29 is 9.32 Å². The molecular formula is C28H27N3O2. The molecule has 5 rings (SSSR count). The van der Waals surface area contributed by atoms with Crippen LogP contribution in [0.15, 0.2) is 95.5 Å². The summed E-state index contributed by atoms with van der Waals surface area (Å²) in [6.07, 6.45) is 0.860. The molecule has 5 heteroatoms. The summed E-state index contributed by atoms with van der Waals surface area (Å²) < 4.78 is 5.61. The third-order valence-electron chi connectivity index (χ3n) is 6.30. The third kappa shape index (κ3) is 4.80. The second-order valence-electron chi connectivity index (χ2n) is 8.42. The van der Waals surface area contributed by atoms with Gasteiger partial charge in [0.1, 0.15) is 5.69 Å². The number of hydrogen-bond acceptors (Lipinski definition) is 5. The minimum atomic E-state index is 0.256. The molecule has 4 aromatic rings. The zero-order chi connectivity index (χ0) is 22.5. The quantitative estimate of drug-likeness (QED) is 0.378. The van der Waals surface area contributed by atoms with Crippen LogP contribution in [0.5, 0.6) is 0 Å². The summed E-state index contributed by atoms with van der Waals surface area (Å²) >= 11 is 0. The Morgan fingerprint density at radius 1 is 0.818 bits per heavy atom. The molecule has 2 heterocycles. The number of rotatable bonds is 7. The molecule has 33 heavy (non-hydrogen) atoms. The van der Waals surface area contributed by atoms with E-state index >= 15 is 0 Å². The zero-order valence-corrected chi connectivity index (χ0v) is 18.5. The lowest BCUT2D eigenvalue weighted by molar-refractivity contribution is 0.0980. The van der Waals surface area contributed by atoms with E-state index in [-0.39, 0.29) is 6.04 Å². The number of aromatic nitrogens is 1. The number of nitrogens with zero attached hydrogens (tertiary/aromatic N) is 3. The maximum Gasteiger partial charge on any atom is 0.151 e. The van der Waals surface area contributed by atoms with Gasteiger partial charge in [-0.15, -0.1) is 0 Å². The first-order valence-electron chi connectivity index (χ1n) is 11.4. The molecule has 166 valence electrons. The van der Waals surface area contributed by atoms with Gasteiger partial charge in [0.2, 0.25) is 0 Å². The van der Waals surface area contributed by atoms with Crippen molar-refractivity contribution in [1.82, 2.24) is 15.0 Å². The van der Waals surface area contributed by atoms with Crippen LogP contribution in [0.4, 0.5) is 0 Å². The highest BCUT2D eigenvalue weighted by Crippen LogP contribution is 2.30. The van der Waals surface area contributed by atoms with Gasteiger partial charge in [0.15, 0.2) is 12.0 Å². The molecule has 0 unspecified atom stereocenters. The second-order valence-corrected chi connectivity index (χ2v) is 8.42. The van der Waals surface area contributed by atoms with E-state index in [1.165, 1.54) is 11.1 Å². The summed E-state index contributed by atoms with van der Waals surface area (Å²) in [4.78, 5) is 16.3. The molecule has 0 bridgehead atoms. The Balaban J connectivity index is 1.26. The van der Waals surface area contributed by atoms with Gasteiger partial charge in [0, 0.05) is 43.4 Å². The Hall–Kier alpha value is -3.54. The van der Waals surface area contributed by atoms with Gasteiger partial charge >= 0.3 is 0 Å². The Labute approximate surface area is 194 Å². The molecule has 0 amide bonds. The molecule has 0 radical (unpaired) electrons. The summed E-state index contributed by atoms with van der Waals surface area (Å²) in [6, 6.07) is 31.2. The van der Waals surface area contributed by atoms with E-state index in [0.717, 1.165) is 43.8 Å².